The lowest BCUT2D eigenvalue weighted by atomic mass is 10.1. The van der Waals surface area contributed by atoms with Gasteiger partial charge in [-0.2, -0.15) is 0 Å². The number of nitrogens with zero attached hydrogens (tertiary/aromatic N) is 3. The molecular formula is C15H12N4O4S. The lowest BCUT2D eigenvalue weighted by Gasteiger charge is -2.02. The Labute approximate surface area is 139 Å². The zero-order chi connectivity index (χ0) is 17.1. The van der Waals surface area contributed by atoms with Gasteiger partial charge in [0, 0.05) is 24.6 Å². The third-order valence-corrected chi connectivity index (χ3v) is 4.21. The lowest BCUT2D eigenvalue weighted by Crippen LogP contribution is -2.23. The van der Waals surface area contributed by atoms with E-state index in [-0.39, 0.29) is 11.4 Å². The summed E-state index contributed by atoms with van der Waals surface area (Å²) in [7, 11) is 1.80. The number of hydrogen-bond donors (Lipinski definition) is 1. The fraction of sp³-hybridized carbons (Fsp3) is 0.0667. The molecule has 0 aliphatic rings. The van der Waals surface area contributed by atoms with Crippen LogP contribution in [0.1, 0.15) is 10.6 Å². The number of rotatable bonds is 4. The average molecular weight is 344 g/mol. The number of thiazole rings is 1. The number of carbonyl (C=O) groups excluding carboxylic acids is 1. The van der Waals surface area contributed by atoms with Crippen LogP contribution in [0.2, 0.25) is 0 Å². The molecule has 3 aromatic rings. The molecular weight excluding hydrogens is 332 g/mol. The number of furan rings is 1. The highest BCUT2D eigenvalue weighted by molar-refractivity contribution is 7.07. The fourth-order valence-electron chi connectivity index (χ4n) is 2.05. The van der Waals surface area contributed by atoms with Gasteiger partial charge in [-0.3, -0.25) is 14.9 Å². The first kappa shape index (κ1) is 15.7. The predicted molar refractivity (Wildman–Crippen MR) is 87.1 cm³/mol. The molecule has 1 N–H and O–H groups in total. The van der Waals surface area contributed by atoms with E-state index in [0.29, 0.717) is 4.80 Å². The Bertz CT molecular complexity index is 939. The summed E-state index contributed by atoms with van der Waals surface area (Å²) in [6.45, 7) is 0. The molecule has 3 rings (SSSR count). The predicted octanol–water partition coefficient (Wildman–Crippen LogP) is 2.50. The Balaban J connectivity index is 1.84. The van der Waals surface area contributed by atoms with Crippen molar-refractivity contribution in [3.63, 3.8) is 0 Å². The second kappa shape index (κ2) is 6.50. The number of amides is 1. The minimum absolute atomic E-state index is 0.0345. The number of non-ortho nitro benzene ring substituents is 1. The number of aromatic nitrogens is 1. The lowest BCUT2D eigenvalue weighted by molar-refractivity contribution is -0.384. The van der Waals surface area contributed by atoms with Crippen molar-refractivity contribution < 1.29 is 14.1 Å². The van der Waals surface area contributed by atoms with E-state index in [1.165, 1.54) is 29.7 Å². The normalized spacial score (nSPS) is 11.5. The largest absolute Gasteiger partial charge is 0.459 e. The molecule has 2 heterocycles. The van der Waals surface area contributed by atoms with E-state index in [1.807, 2.05) is 5.38 Å². The molecule has 0 aliphatic heterocycles. The second-order valence-electron chi connectivity index (χ2n) is 4.80. The van der Waals surface area contributed by atoms with Crippen molar-refractivity contribution in [2.45, 2.75) is 0 Å². The van der Waals surface area contributed by atoms with E-state index in [2.05, 4.69) is 10.5 Å². The topological polar surface area (TPSA) is 103 Å². The summed E-state index contributed by atoms with van der Waals surface area (Å²) in [6.07, 6.45) is 1.41. The van der Waals surface area contributed by atoms with Gasteiger partial charge in [0.05, 0.1) is 16.9 Å². The highest BCUT2D eigenvalue weighted by atomic mass is 32.1. The molecule has 1 amide bonds. The summed E-state index contributed by atoms with van der Waals surface area (Å²) in [4.78, 5) is 22.6. The molecule has 8 nitrogen and oxygen atoms in total. The van der Waals surface area contributed by atoms with Crippen molar-refractivity contribution >= 4 is 22.9 Å². The van der Waals surface area contributed by atoms with Crippen LogP contribution in [0.3, 0.4) is 0 Å². The van der Waals surface area contributed by atoms with Crippen LogP contribution in [0.25, 0.3) is 11.3 Å². The van der Waals surface area contributed by atoms with E-state index in [9.17, 15) is 14.9 Å². The molecule has 2 aromatic heterocycles. The number of nitrogens with one attached hydrogen (secondary N) is 1. The Morgan fingerprint density at radius 2 is 2.08 bits per heavy atom. The summed E-state index contributed by atoms with van der Waals surface area (Å²) in [6, 6.07) is 9.40. The van der Waals surface area contributed by atoms with Crippen LogP contribution < -0.4 is 10.2 Å². The number of nitro groups is 1. The van der Waals surface area contributed by atoms with Crippen molar-refractivity contribution in [2.24, 2.45) is 12.1 Å². The van der Waals surface area contributed by atoms with Gasteiger partial charge in [-0.05, 0) is 29.8 Å². The molecule has 0 saturated heterocycles. The number of carbonyl (C=O) groups is 1. The van der Waals surface area contributed by atoms with Crippen LogP contribution in [-0.4, -0.2) is 15.4 Å². The molecule has 0 saturated carbocycles. The summed E-state index contributed by atoms with van der Waals surface area (Å²) >= 11 is 1.34. The van der Waals surface area contributed by atoms with Gasteiger partial charge in [-0.15, -0.1) is 16.4 Å². The molecule has 0 fully saturated rings. The second-order valence-corrected chi connectivity index (χ2v) is 5.63. The first-order valence-corrected chi connectivity index (χ1v) is 7.71. The summed E-state index contributed by atoms with van der Waals surface area (Å²) in [5.74, 6) is -0.265. The van der Waals surface area contributed by atoms with Crippen LogP contribution in [0, 0.1) is 10.1 Å². The maximum absolute atomic E-state index is 11.8. The van der Waals surface area contributed by atoms with E-state index in [1.54, 1.807) is 35.9 Å². The number of benzene rings is 1. The minimum Gasteiger partial charge on any atom is -0.459 e. The molecule has 1 aromatic carbocycles. The van der Waals surface area contributed by atoms with Gasteiger partial charge in [-0.1, -0.05) is 0 Å². The fourth-order valence-corrected chi connectivity index (χ4v) is 2.91. The first-order chi connectivity index (χ1) is 11.6. The van der Waals surface area contributed by atoms with E-state index in [0.717, 1.165) is 11.3 Å². The average Bonchev–Trinajstić information content (AvgIpc) is 3.23. The van der Waals surface area contributed by atoms with Gasteiger partial charge in [0.1, 0.15) is 0 Å². The quantitative estimate of drug-likeness (QED) is 0.580. The number of hydrogen-bond acceptors (Lipinski definition) is 6. The number of nitro benzene ring substituents is 1. The minimum atomic E-state index is -0.442. The first-order valence-electron chi connectivity index (χ1n) is 6.83. The highest BCUT2D eigenvalue weighted by Gasteiger charge is 2.10. The van der Waals surface area contributed by atoms with Crippen LogP contribution in [-0.2, 0) is 7.05 Å². The van der Waals surface area contributed by atoms with Gasteiger partial charge < -0.3 is 8.98 Å². The van der Waals surface area contributed by atoms with Crippen LogP contribution in [0.15, 0.2) is 57.6 Å². The van der Waals surface area contributed by atoms with E-state index >= 15 is 0 Å². The standard InChI is InChI=1S/C15H12N4O4S/c1-18-12(10-4-6-11(7-5-10)19(21)22)9-24-15(18)17-16-14(20)13-3-2-8-23-13/h2-9H,1H3,(H,16,20)/b17-15+. The Morgan fingerprint density at radius 1 is 1.33 bits per heavy atom. The molecule has 122 valence electrons. The Morgan fingerprint density at radius 3 is 2.71 bits per heavy atom. The van der Waals surface area contributed by atoms with Gasteiger partial charge in [0.15, 0.2) is 5.76 Å². The maximum Gasteiger partial charge on any atom is 0.307 e. The molecule has 9 heteroatoms. The molecule has 0 bridgehead atoms. The molecule has 0 atom stereocenters. The van der Waals surface area contributed by atoms with Gasteiger partial charge in [0.25, 0.3) is 5.69 Å². The SMILES string of the molecule is Cn1c(-c2ccc([N+](=O)[O-])cc2)cs/c1=N/NC(=O)c1ccco1. The van der Waals surface area contributed by atoms with Gasteiger partial charge >= 0.3 is 5.91 Å². The molecule has 0 spiro atoms. The van der Waals surface area contributed by atoms with Crippen LogP contribution >= 0.6 is 11.3 Å². The summed E-state index contributed by atoms with van der Waals surface area (Å²) in [5.41, 5.74) is 4.11. The van der Waals surface area contributed by atoms with Gasteiger partial charge in [-0.25, -0.2) is 5.43 Å². The van der Waals surface area contributed by atoms with Crippen molar-refractivity contribution in [3.8, 4) is 11.3 Å². The van der Waals surface area contributed by atoms with E-state index in [4.69, 9.17) is 4.42 Å². The Hall–Kier alpha value is -3.20. The van der Waals surface area contributed by atoms with Crippen molar-refractivity contribution in [1.82, 2.24) is 9.99 Å². The Kier molecular flexibility index (Phi) is 4.25. The summed E-state index contributed by atoms with van der Waals surface area (Å²) in [5, 5.41) is 16.6. The monoisotopic (exact) mass is 344 g/mol. The van der Waals surface area contributed by atoms with E-state index < -0.39 is 10.8 Å². The van der Waals surface area contributed by atoms with Crippen LogP contribution in [0.5, 0.6) is 0 Å². The zero-order valence-corrected chi connectivity index (χ0v) is 13.3. The highest BCUT2D eigenvalue weighted by Crippen LogP contribution is 2.22. The van der Waals surface area contributed by atoms with Gasteiger partial charge in [0.2, 0.25) is 4.80 Å². The molecule has 0 aliphatic carbocycles. The van der Waals surface area contributed by atoms with Crippen LogP contribution in [0.4, 0.5) is 5.69 Å². The molecule has 24 heavy (non-hydrogen) atoms. The maximum atomic E-state index is 11.8. The van der Waals surface area contributed by atoms with Crippen molar-refractivity contribution in [3.05, 3.63) is 68.7 Å². The summed E-state index contributed by atoms with van der Waals surface area (Å²) < 4.78 is 6.77. The van der Waals surface area contributed by atoms with Crippen molar-refractivity contribution in [2.75, 3.05) is 0 Å². The van der Waals surface area contributed by atoms with Crippen molar-refractivity contribution in [1.29, 1.82) is 0 Å². The third kappa shape index (κ3) is 3.10. The zero-order valence-electron chi connectivity index (χ0n) is 12.5. The molecule has 0 radical (unpaired) electrons. The smallest absolute Gasteiger partial charge is 0.307 e. The molecule has 0 unspecified atom stereocenters. The third-order valence-electron chi connectivity index (χ3n) is 3.30.